The molecule has 2 aliphatic heterocycles. The number of nitrogens with zero attached hydrogens (tertiary/aromatic N) is 3. The first-order valence-corrected chi connectivity index (χ1v) is 13.4. The fraction of sp³-hybridized carbons (Fsp3) is 0.500. The first kappa shape index (κ1) is 24.3. The number of nitrogens with one attached hydrogen (secondary N) is 2. The van der Waals surface area contributed by atoms with Gasteiger partial charge in [0.25, 0.3) is 10.0 Å². The molecule has 0 saturated carbocycles. The number of benzene rings is 2. The summed E-state index contributed by atoms with van der Waals surface area (Å²) in [6.07, 6.45) is 3.48. The van der Waals surface area contributed by atoms with Gasteiger partial charge >= 0.3 is 6.03 Å². The smallest absolute Gasteiger partial charge is 0.335 e. The van der Waals surface area contributed by atoms with E-state index in [4.69, 9.17) is 11.1 Å². The van der Waals surface area contributed by atoms with Crippen LogP contribution in [0.4, 0.5) is 4.79 Å². The molecular weight excluding hydrogens is 452 g/mol. The maximum atomic E-state index is 13.5. The monoisotopic (exact) mass is 486 g/mol. The molecule has 10 heteroatoms. The van der Waals surface area contributed by atoms with Crippen LogP contribution in [-0.2, 0) is 10.0 Å². The van der Waals surface area contributed by atoms with Crippen molar-refractivity contribution in [1.29, 1.82) is 5.41 Å². The summed E-state index contributed by atoms with van der Waals surface area (Å²) in [7, 11) is -3.98. The van der Waals surface area contributed by atoms with Crippen LogP contribution in [0.2, 0.25) is 0 Å². The van der Waals surface area contributed by atoms with Crippen molar-refractivity contribution in [2.45, 2.75) is 37.5 Å². The quantitative estimate of drug-likeness (QED) is 0.341. The molecule has 0 spiro atoms. The van der Waals surface area contributed by atoms with Gasteiger partial charge in [0.05, 0.1) is 4.90 Å². The molecule has 184 valence electrons. The number of rotatable bonds is 5. The Labute approximate surface area is 201 Å². The summed E-state index contributed by atoms with van der Waals surface area (Å²) in [4.78, 5) is 19.7. The van der Waals surface area contributed by atoms with Crippen LogP contribution in [0.1, 0.15) is 32.6 Å². The van der Waals surface area contributed by atoms with Crippen LogP contribution < -0.4 is 10.6 Å². The maximum absolute atomic E-state index is 13.5. The lowest BCUT2D eigenvalue weighted by Gasteiger charge is -2.38. The molecule has 0 aromatic heterocycles. The average Bonchev–Trinajstić information content (AvgIpc) is 2.83. The van der Waals surface area contributed by atoms with Crippen molar-refractivity contribution in [3.63, 3.8) is 0 Å². The molecule has 2 aromatic carbocycles. The van der Waals surface area contributed by atoms with E-state index in [0.717, 1.165) is 36.5 Å². The lowest BCUT2D eigenvalue weighted by atomic mass is 9.98. The minimum Gasteiger partial charge on any atom is -0.370 e. The fourth-order valence-corrected chi connectivity index (χ4v) is 5.83. The number of piperidine rings is 2. The molecule has 2 amide bonds. The van der Waals surface area contributed by atoms with Crippen molar-refractivity contribution in [1.82, 2.24) is 19.6 Å². The number of likely N-dealkylation sites (tertiary alicyclic amines) is 2. The number of hydrogen-bond acceptors (Lipinski definition) is 4. The molecule has 0 aliphatic carbocycles. The Morgan fingerprint density at radius 2 is 1.79 bits per heavy atom. The summed E-state index contributed by atoms with van der Waals surface area (Å²) in [5.41, 5.74) is 5.68. The van der Waals surface area contributed by atoms with Gasteiger partial charge in [0.15, 0.2) is 5.96 Å². The molecule has 2 aromatic rings. The standard InChI is InChI=1S/C24H34N6O3S/c1-18-10-13-28(14-11-18)24(31)30(17-19-5-4-12-29(16-19)23(25)26)27-34(32,33)22-9-8-20-6-2-3-7-21(20)15-22/h2-3,6-9,15,18-19,27H,4-5,10-14,16-17H2,1H3,(H3,25,26). The van der Waals surface area contributed by atoms with Crippen LogP contribution in [0.5, 0.6) is 0 Å². The molecular formula is C24H34N6O3S. The Bertz CT molecular complexity index is 1150. The van der Waals surface area contributed by atoms with Crippen LogP contribution in [0.3, 0.4) is 0 Å². The van der Waals surface area contributed by atoms with Crippen molar-refractivity contribution in [2.75, 3.05) is 32.7 Å². The molecule has 1 unspecified atom stereocenters. The van der Waals surface area contributed by atoms with E-state index in [1.165, 1.54) is 5.01 Å². The highest BCUT2D eigenvalue weighted by molar-refractivity contribution is 7.89. The van der Waals surface area contributed by atoms with E-state index < -0.39 is 10.0 Å². The molecule has 0 bridgehead atoms. The molecule has 1 atom stereocenters. The van der Waals surface area contributed by atoms with Crippen molar-refractivity contribution < 1.29 is 13.2 Å². The van der Waals surface area contributed by atoms with Crippen molar-refractivity contribution in [3.05, 3.63) is 42.5 Å². The third-order valence-corrected chi connectivity index (χ3v) is 8.18. The van der Waals surface area contributed by atoms with E-state index in [9.17, 15) is 13.2 Å². The topological polar surface area (TPSA) is 123 Å². The highest BCUT2D eigenvalue weighted by atomic mass is 32.2. The molecule has 4 N–H and O–H groups in total. The van der Waals surface area contributed by atoms with Gasteiger partial charge in [-0.1, -0.05) is 37.3 Å². The minimum absolute atomic E-state index is 0.00402. The van der Waals surface area contributed by atoms with Gasteiger partial charge in [-0.2, -0.15) is 0 Å². The van der Waals surface area contributed by atoms with E-state index in [1.54, 1.807) is 28.0 Å². The number of carbonyl (C=O) groups excluding carboxylic acids is 1. The zero-order valence-corrected chi connectivity index (χ0v) is 20.4. The van der Waals surface area contributed by atoms with Gasteiger partial charge in [-0.3, -0.25) is 5.41 Å². The minimum atomic E-state index is -3.98. The SMILES string of the molecule is CC1CCN(C(=O)N(CC2CCCN(C(=N)N)C2)NS(=O)(=O)c2ccc3ccccc3c2)CC1. The zero-order valence-electron chi connectivity index (χ0n) is 19.6. The van der Waals surface area contributed by atoms with Gasteiger partial charge in [-0.15, -0.1) is 4.83 Å². The van der Waals surface area contributed by atoms with Crippen LogP contribution in [-0.4, -0.2) is 67.9 Å². The second kappa shape index (κ2) is 10.2. The second-order valence-electron chi connectivity index (χ2n) is 9.51. The highest BCUT2D eigenvalue weighted by Crippen LogP contribution is 2.23. The summed E-state index contributed by atoms with van der Waals surface area (Å²) >= 11 is 0. The van der Waals surface area contributed by atoms with Gasteiger partial charge < -0.3 is 15.5 Å². The number of hydrazine groups is 1. The number of nitrogens with two attached hydrogens (primary N) is 1. The largest absolute Gasteiger partial charge is 0.370 e. The molecule has 2 fully saturated rings. The molecule has 9 nitrogen and oxygen atoms in total. The first-order valence-electron chi connectivity index (χ1n) is 11.9. The van der Waals surface area contributed by atoms with Crippen LogP contribution in [0, 0.1) is 17.2 Å². The number of hydrogen-bond donors (Lipinski definition) is 3. The van der Waals surface area contributed by atoms with E-state index in [-0.39, 0.29) is 29.3 Å². The maximum Gasteiger partial charge on any atom is 0.335 e. The number of sulfonamides is 1. The number of urea groups is 1. The van der Waals surface area contributed by atoms with Crippen molar-refractivity contribution in [2.24, 2.45) is 17.6 Å². The Morgan fingerprint density at radius 3 is 2.50 bits per heavy atom. The Morgan fingerprint density at radius 1 is 1.09 bits per heavy atom. The highest BCUT2D eigenvalue weighted by Gasteiger charge is 2.32. The third kappa shape index (κ3) is 5.61. The average molecular weight is 487 g/mol. The summed E-state index contributed by atoms with van der Waals surface area (Å²) in [6, 6.07) is 12.2. The molecule has 2 heterocycles. The number of fused-ring (bicyclic) bond motifs is 1. The van der Waals surface area contributed by atoms with E-state index in [1.807, 2.05) is 24.3 Å². The van der Waals surface area contributed by atoms with Crippen LogP contribution >= 0.6 is 0 Å². The van der Waals surface area contributed by atoms with Crippen LogP contribution in [0.15, 0.2) is 47.4 Å². The summed E-state index contributed by atoms with van der Waals surface area (Å²) in [5, 5.41) is 10.8. The normalized spacial score (nSPS) is 19.9. The zero-order chi connectivity index (χ0) is 24.3. The lowest BCUT2D eigenvalue weighted by molar-refractivity contribution is 0.110. The fourth-order valence-electron chi connectivity index (χ4n) is 4.75. The van der Waals surface area contributed by atoms with Crippen molar-refractivity contribution in [3.8, 4) is 0 Å². The summed E-state index contributed by atoms with van der Waals surface area (Å²) < 4.78 is 26.7. The van der Waals surface area contributed by atoms with Gasteiger partial charge in [0, 0.05) is 32.7 Å². The molecule has 2 aliphatic rings. The Balaban J connectivity index is 1.57. The van der Waals surface area contributed by atoms with Gasteiger partial charge in [0.1, 0.15) is 0 Å². The van der Waals surface area contributed by atoms with Gasteiger partial charge in [-0.05, 0) is 60.4 Å². The predicted molar refractivity (Wildman–Crippen MR) is 133 cm³/mol. The molecule has 2 saturated heterocycles. The van der Waals surface area contributed by atoms with E-state index >= 15 is 0 Å². The van der Waals surface area contributed by atoms with Crippen molar-refractivity contribution >= 4 is 32.8 Å². The predicted octanol–water partition coefficient (Wildman–Crippen LogP) is 2.79. The molecule has 0 radical (unpaired) electrons. The Kier molecular flexibility index (Phi) is 7.27. The summed E-state index contributed by atoms with van der Waals surface area (Å²) in [6.45, 7) is 4.83. The van der Waals surface area contributed by atoms with Gasteiger partial charge in [0.2, 0.25) is 0 Å². The Hall–Kier alpha value is -2.85. The number of carbonyl (C=O) groups is 1. The summed E-state index contributed by atoms with van der Waals surface area (Å²) in [5.74, 6) is 0.559. The molecule has 4 rings (SSSR count). The number of amides is 2. The van der Waals surface area contributed by atoms with Crippen LogP contribution in [0.25, 0.3) is 10.8 Å². The van der Waals surface area contributed by atoms with E-state index in [2.05, 4.69) is 11.8 Å². The van der Waals surface area contributed by atoms with E-state index in [0.29, 0.717) is 32.1 Å². The molecule has 34 heavy (non-hydrogen) atoms. The lowest BCUT2D eigenvalue weighted by Crippen LogP contribution is -2.56. The van der Waals surface area contributed by atoms with Gasteiger partial charge in [-0.25, -0.2) is 18.2 Å². The second-order valence-corrected chi connectivity index (χ2v) is 11.2. The number of guanidine groups is 1. The third-order valence-electron chi connectivity index (χ3n) is 6.85. The first-order chi connectivity index (χ1) is 16.2.